The zero-order chi connectivity index (χ0) is 16.7. The molecule has 0 heterocycles. The molecule has 0 aliphatic rings. The van der Waals surface area contributed by atoms with E-state index in [2.05, 4.69) is 54.6 Å². The summed E-state index contributed by atoms with van der Waals surface area (Å²) in [6, 6.07) is 19.2. The van der Waals surface area contributed by atoms with Crippen LogP contribution in [0.3, 0.4) is 0 Å². The monoisotopic (exact) mass is 360 g/mol. The van der Waals surface area contributed by atoms with Gasteiger partial charge in [0.05, 0.1) is 10.1 Å². The molecule has 122 valence electrons. The molecule has 4 rings (SSSR count). The third kappa shape index (κ3) is 3.69. The first-order chi connectivity index (χ1) is 11.5. The normalized spacial score (nSPS) is 12.0. The number of aryl methyl sites for hydroxylation is 1. The van der Waals surface area contributed by atoms with Gasteiger partial charge in [-0.15, -0.1) is 0 Å². The van der Waals surface area contributed by atoms with E-state index in [0.29, 0.717) is 12.8 Å². The molecule has 25 heavy (non-hydrogen) atoms. The molecule has 0 fully saturated rings. The first-order valence-electron chi connectivity index (χ1n) is 8.12. The summed E-state index contributed by atoms with van der Waals surface area (Å²) in [5.41, 5.74) is 1.21. The Labute approximate surface area is 169 Å². The van der Waals surface area contributed by atoms with E-state index in [0.717, 1.165) is 6.42 Å². The summed E-state index contributed by atoms with van der Waals surface area (Å²) in [5.74, 6) is -0.279. The maximum absolute atomic E-state index is 10.7. The molecule has 0 aliphatic carbocycles. The van der Waals surface area contributed by atoms with Crippen LogP contribution in [0.4, 0.5) is 0 Å². The third-order valence-corrected chi connectivity index (χ3v) is 5.50. The minimum Gasteiger partial charge on any atom is -0.748 e. The Hall–Kier alpha value is -1.17. The van der Waals surface area contributed by atoms with Crippen molar-refractivity contribution in [2.75, 3.05) is 5.75 Å². The molecular formula is C20H17NaO3S. The minimum absolute atomic E-state index is 0. The first kappa shape index (κ1) is 18.6. The fourth-order valence-electron chi connectivity index (χ4n) is 3.61. The molecule has 0 saturated carbocycles. The summed E-state index contributed by atoms with van der Waals surface area (Å²) < 4.78 is 32.2. The molecule has 0 bridgehead atoms. The van der Waals surface area contributed by atoms with Crippen molar-refractivity contribution in [1.29, 1.82) is 0 Å². The van der Waals surface area contributed by atoms with Gasteiger partial charge in [-0.05, 0) is 57.1 Å². The molecule has 4 aromatic carbocycles. The Bertz CT molecular complexity index is 1120. The Morgan fingerprint density at radius 3 is 2.04 bits per heavy atom. The van der Waals surface area contributed by atoms with Crippen molar-refractivity contribution in [3.8, 4) is 0 Å². The average molecular weight is 360 g/mol. The van der Waals surface area contributed by atoms with Gasteiger partial charge < -0.3 is 4.55 Å². The number of benzene rings is 4. The molecule has 0 amide bonds. The first-order valence-corrected chi connectivity index (χ1v) is 9.70. The Morgan fingerprint density at radius 2 is 1.36 bits per heavy atom. The van der Waals surface area contributed by atoms with E-state index in [1.807, 2.05) is 0 Å². The zero-order valence-corrected chi connectivity index (χ0v) is 17.0. The predicted octanol–water partition coefficient (Wildman–Crippen LogP) is 1.46. The second-order valence-corrected chi connectivity index (χ2v) is 7.82. The number of hydrogen-bond donors (Lipinski definition) is 0. The van der Waals surface area contributed by atoms with Crippen molar-refractivity contribution in [3.63, 3.8) is 0 Å². The smallest absolute Gasteiger partial charge is 0.748 e. The van der Waals surface area contributed by atoms with Crippen molar-refractivity contribution >= 4 is 42.4 Å². The molecule has 0 unspecified atom stereocenters. The van der Waals surface area contributed by atoms with Gasteiger partial charge >= 0.3 is 29.6 Å². The molecule has 0 aliphatic heterocycles. The summed E-state index contributed by atoms with van der Waals surface area (Å²) in [7, 11) is -4.11. The molecular weight excluding hydrogens is 343 g/mol. The van der Waals surface area contributed by atoms with Crippen molar-refractivity contribution in [2.24, 2.45) is 0 Å². The van der Waals surface area contributed by atoms with Gasteiger partial charge in [0, 0.05) is 5.75 Å². The average Bonchev–Trinajstić information content (AvgIpc) is 2.56. The topological polar surface area (TPSA) is 57.2 Å². The third-order valence-electron chi connectivity index (χ3n) is 4.71. The van der Waals surface area contributed by atoms with E-state index in [-0.39, 0.29) is 35.3 Å². The van der Waals surface area contributed by atoms with E-state index in [9.17, 15) is 13.0 Å². The summed E-state index contributed by atoms with van der Waals surface area (Å²) >= 11 is 0. The molecule has 0 N–H and O–H groups in total. The molecule has 0 aromatic heterocycles. The van der Waals surface area contributed by atoms with E-state index >= 15 is 0 Å². The van der Waals surface area contributed by atoms with Gasteiger partial charge in [0.15, 0.2) is 0 Å². The van der Waals surface area contributed by atoms with Gasteiger partial charge in [0.2, 0.25) is 0 Å². The zero-order valence-electron chi connectivity index (χ0n) is 14.2. The van der Waals surface area contributed by atoms with Crippen molar-refractivity contribution in [3.05, 3.63) is 60.2 Å². The maximum Gasteiger partial charge on any atom is 1.00 e. The maximum atomic E-state index is 10.7. The van der Waals surface area contributed by atoms with Crippen LogP contribution in [-0.4, -0.2) is 18.7 Å². The van der Waals surface area contributed by atoms with Crippen molar-refractivity contribution < 1.29 is 42.5 Å². The molecule has 3 nitrogen and oxygen atoms in total. The van der Waals surface area contributed by atoms with Crippen LogP contribution in [0.1, 0.15) is 18.4 Å². The largest absolute Gasteiger partial charge is 1.00 e. The van der Waals surface area contributed by atoms with Crippen LogP contribution in [0.25, 0.3) is 32.3 Å². The standard InChI is InChI=1S/C20H18O3S.Na/c21-24(22,23)13-2-1-4-14-7-8-17-10-9-15-5-3-6-16-11-12-18(14)20(17)19(15)16;/h3,5-12H,1-2,4,13H2,(H,21,22,23);/q;+1/p-1. The van der Waals surface area contributed by atoms with Gasteiger partial charge in [-0.25, -0.2) is 8.42 Å². The summed E-state index contributed by atoms with van der Waals surface area (Å²) in [6.45, 7) is 0. The van der Waals surface area contributed by atoms with Crippen LogP contribution in [-0.2, 0) is 16.5 Å². The van der Waals surface area contributed by atoms with Crippen LogP contribution in [0.5, 0.6) is 0 Å². The van der Waals surface area contributed by atoms with Gasteiger partial charge in [-0.2, -0.15) is 0 Å². The Kier molecular flexibility index (Phi) is 5.37. The molecule has 0 atom stereocenters. The summed E-state index contributed by atoms with van der Waals surface area (Å²) in [6.07, 6.45) is 1.89. The van der Waals surface area contributed by atoms with Gasteiger partial charge in [0.1, 0.15) is 0 Å². The van der Waals surface area contributed by atoms with Crippen molar-refractivity contribution in [1.82, 2.24) is 0 Å². The molecule has 0 saturated heterocycles. The second-order valence-electron chi connectivity index (χ2n) is 6.30. The Morgan fingerprint density at radius 1 is 0.760 bits per heavy atom. The second kappa shape index (κ2) is 7.22. The fourth-order valence-corrected chi connectivity index (χ4v) is 4.17. The van der Waals surface area contributed by atoms with E-state index in [1.165, 1.54) is 37.9 Å². The predicted molar refractivity (Wildman–Crippen MR) is 97.6 cm³/mol. The van der Waals surface area contributed by atoms with E-state index in [1.54, 1.807) is 0 Å². The van der Waals surface area contributed by atoms with Gasteiger partial charge in [-0.3, -0.25) is 0 Å². The SMILES string of the molecule is O=S(=O)([O-])CCCCc1ccc2ccc3cccc4ccc1c2c34.[Na+]. The van der Waals surface area contributed by atoms with Crippen LogP contribution < -0.4 is 29.6 Å². The van der Waals surface area contributed by atoms with Crippen LogP contribution in [0, 0.1) is 0 Å². The fraction of sp³-hybridized carbons (Fsp3) is 0.200. The van der Waals surface area contributed by atoms with Crippen molar-refractivity contribution in [2.45, 2.75) is 19.3 Å². The number of unbranched alkanes of at least 4 members (excludes halogenated alkanes) is 1. The van der Waals surface area contributed by atoms with Gasteiger partial charge in [0.25, 0.3) is 0 Å². The van der Waals surface area contributed by atoms with E-state index in [4.69, 9.17) is 0 Å². The van der Waals surface area contributed by atoms with Crippen LogP contribution in [0.15, 0.2) is 54.6 Å². The molecule has 0 radical (unpaired) electrons. The summed E-state index contributed by atoms with van der Waals surface area (Å²) in [4.78, 5) is 0. The van der Waals surface area contributed by atoms with Gasteiger partial charge in [-0.1, -0.05) is 54.6 Å². The quantitative estimate of drug-likeness (QED) is 0.234. The summed E-state index contributed by atoms with van der Waals surface area (Å²) in [5, 5.41) is 7.48. The van der Waals surface area contributed by atoms with E-state index < -0.39 is 10.1 Å². The van der Waals surface area contributed by atoms with Crippen LogP contribution in [0.2, 0.25) is 0 Å². The number of hydrogen-bond acceptors (Lipinski definition) is 3. The Balaban J connectivity index is 0.00000182. The molecule has 5 heteroatoms. The molecule has 4 aromatic rings. The minimum atomic E-state index is -4.11. The molecule has 0 spiro atoms. The number of rotatable bonds is 5. The van der Waals surface area contributed by atoms with Crippen LogP contribution >= 0.6 is 0 Å².